The van der Waals surface area contributed by atoms with Crippen molar-refractivity contribution in [1.29, 1.82) is 0 Å². The molecule has 5 rings (SSSR count). The van der Waals surface area contributed by atoms with E-state index in [1.165, 1.54) is 128 Å². The molecule has 4 aliphatic carbocycles. The van der Waals surface area contributed by atoms with E-state index in [9.17, 15) is 20.1 Å². The van der Waals surface area contributed by atoms with E-state index >= 15 is 0 Å². The number of rotatable bonds is 27. The second-order valence-corrected chi connectivity index (χ2v) is 22.2. The molecular weight excluding hydrogens is 773 g/mol. The number of unbranched alkanes of at least 4 members (excludes halogenated alkanes) is 16. The molecular formula is C55H96O7. The van der Waals surface area contributed by atoms with Crippen LogP contribution in [0.1, 0.15) is 222 Å². The molecule has 1 aliphatic heterocycles. The highest BCUT2D eigenvalue weighted by Gasteiger charge is 2.59. The molecule has 14 atom stereocenters. The molecule has 0 aromatic heterocycles. The lowest BCUT2D eigenvalue weighted by Gasteiger charge is -2.58. The van der Waals surface area contributed by atoms with Crippen LogP contribution in [0.3, 0.4) is 0 Å². The molecule has 3 saturated carbocycles. The number of carbonyl (C=O) groups excluding carboxylic acids is 1. The highest BCUT2D eigenvalue weighted by molar-refractivity contribution is 5.69. The zero-order chi connectivity index (χ0) is 44.7. The number of allylic oxidation sites excluding steroid dienone is 3. The Morgan fingerprint density at radius 2 is 1.37 bits per heavy atom. The summed E-state index contributed by atoms with van der Waals surface area (Å²) >= 11 is 0. The molecule has 1 saturated heterocycles. The Kier molecular flexibility index (Phi) is 21.4. The lowest BCUT2D eigenvalue weighted by molar-refractivity contribution is -0.313. The number of ether oxygens (including phenoxy) is 3. The monoisotopic (exact) mass is 869 g/mol. The molecule has 7 heteroatoms. The quantitative estimate of drug-likeness (QED) is 0.0429. The molecule has 0 aromatic rings. The van der Waals surface area contributed by atoms with Gasteiger partial charge in [0.25, 0.3) is 0 Å². The molecule has 7 nitrogen and oxygen atoms in total. The van der Waals surface area contributed by atoms with Gasteiger partial charge in [-0.2, -0.15) is 0 Å². The van der Waals surface area contributed by atoms with Crippen LogP contribution in [0.2, 0.25) is 0 Å². The van der Waals surface area contributed by atoms with Crippen molar-refractivity contribution in [2.75, 3.05) is 6.61 Å². The van der Waals surface area contributed by atoms with Crippen LogP contribution >= 0.6 is 0 Å². The van der Waals surface area contributed by atoms with Gasteiger partial charge in [-0.1, -0.05) is 175 Å². The molecule has 0 amide bonds. The highest BCUT2D eigenvalue weighted by atomic mass is 16.7. The zero-order valence-corrected chi connectivity index (χ0v) is 41.0. The van der Waals surface area contributed by atoms with Crippen molar-refractivity contribution in [2.45, 2.75) is 259 Å². The Hall–Kier alpha value is -1.25. The maximum atomic E-state index is 12.7. The Balaban J connectivity index is 0.992. The minimum absolute atomic E-state index is 0.147. The Morgan fingerprint density at radius 1 is 0.758 bits per heavy atom. The van der Waals surface area contributed by atoms with E-state index in [0.717, 1.165) is 62.7 Å². The average Bonchev–Trinajstić information content (AvgIpc) is 3.62. The molecule has 3 unspecified atom stereocenters. The van der Waals surface area contributed by atoms with E-state index in [4.69, 9.17) is 14.2 Å². The molecule has 4 fully saturated rings. The molecule has 0 aromatic carbocycles. The largest absolute Gasteiger partial charge is 0.463 e. The summed E-state index contributed by atoms with van der Waals surface area (Å²) in [6.45, 7) is 16.8. The van der Waals surface area contributed by atoms with Crippen LogP contribution in [0, 0.1) is 52.3 Å². The van der Waals surface area contributed by atoms with E-state index in [-0.39, 0.29) is 24.1 Å². The van der Waals surface area contributed by atoms with Gasteiger partial charge in [-0.15, -0.1) is 0 Å². The summed E-state index contributed by atoms with van der Waals surface area (Å²) in [4.78, 5) is 12.7. The number of esters is 1. The van der Waals surface area contributed by atoms with Crippen LogP contribution in [0.5, 0.6) is 0 Å². The molecule has 1 heterocycles. The maximum absolute atomic E-state index is 12.7. The minimum Gasteiger partial charge on any atom is -0.463 e. The van der Waals surface area contributed by atoms with Crippen molar-refractivity contribution < 1.29 is 34.3 Å². The molecule has 0 radical (unpaired) electrons. The normalized spacial score (nSPS) is 35.6. The Morgan fingerprint density at radius 3 is 1.97 bits per heavy atom. The first-order chi connectivity index (χ1) is 29.8. The lowest BCUT2D eigenvalue weighted by Crippen LogP contribution is -2.60. The first-order valence-corrected chi connectivity index (χ1v) is 26.7. The fourth-order valence-electron chi connectivity index (χ4n) is 13.5. The first kappa shape index (κ1) is 51.7. The Labute approximate surface area is 380 Å². The third-order valence-electron chi connectivity index (χ3n) is 17.6. The van der Waals surface area contributed by atoms with Gasteiger partial charge in [-0.25, -0.2) is 0 Å². The van der Waals surface area contributed by atoms with Crippen molar-refractivity contribution >= 4 is 5.97 Å². The van der Waals surface area contributed by atoms with E-state index in [0.29, 0.717) is 35.5 Å². The summed E-state index contributed by atoms with van der Waals surface area (Å²) in [5.74, 6) is 4.62. The smallest absolute Gasteiger partial charge is 0.305 e. The molecule has 62 heavy (non-hydrogen) atoms. The number of aliphatic hydroxyl groups excluding tert-OH is 3. The van der Waals surface area contributed by atoms with Gasteiger partial charge in [0, 0.05) is 6.42 Å². The summed E-state index contributed by atoms with van der Waals surface area (Å²) in [5, 5.41) is 32.6. The predicted octanol–water partition coefficient (Wildman–Crippen LogP) is 13.2. The molecule has 358 valence electrons. The van der Waals surface area contributed by atoms with Crippen LogP contribution in [0.15, 0.2) is 23.8 Å². The van der Waals surface area contributed by atoms with Gasteiger partial charge in [0.1, 0.15) is 31.0 Å². The van der Waals surface area contributed by atoms with Crippen molar-refractivity contribution in [3.05, 3.63) is 23.8 Å². The summed E-state index contributed by atoms with van der Waals surface area (Å²) < 4.78 is 18.1. The summed E-state index contributed by atoms with van der Waals surface area (Å²) in [6.07, 6.45) is 33.9. The highest BCUT2D eigenvalue weighted by Crippen LogP contribution is 2.67. The first-order valence-electron chi connectivity index (χ1n) is 26.7. The molecule has 5 aliphatic rings. The standard InChI is InChI=1S/C55H96O7/c1-8-10-11-12-13-14-15-16-17-18-19-20-21-22-23-24-25-26-49(56)60-38-48-50(57)51(58)52(59)53(62-48)61-43-33-35-54(6)42(37-43)29-30-44-46-32-31-45(55(46,7)36-34-47(44)54)40(5)27-28-41(9-2)39(3)4/h27-29,39-41,43-48,50-53,57-59H,8-26,30-38H2,1-7H3/b28-27+/t40-,41-,43+,44+,45-,46+,47+,48?,50-,51?,52?,53-,54+,55-/m1/s1. The summed E-state index contributed by atoms with van der Waals surface area (Å²) in [6, 6.07) is 0. The predicted molar refractivity (Wildman–Crippen MR) is 253 cm³/mol. The minimum atomic E-state index is -1.45. The van der Waals surface area contributed by atoms with Crippen LogP contribution < -0.4 is 0 Å². The zero-order valence-electron chi connectivity index (χ0n) is 41.0. The molecule has 0 bridgehead atoms. The third-order valence-corrected chi connectivity index (χ3v) is 17.6. The lowest BCUT2D eigenvalue weighted by atomic mass is 9.47. The molecule has 0 spiro atoms. The van der Waals surface area contributed by atoms with E-state index in [2.05, 4.69) is 66.7 Å². The Bertz CT molecular complexity index is 1360. The van der Waals surface area contributed by atoms with Gasteiger partial charge in [0.05, 0.1) is 6.10 Å². The average molecular weight is 869 g/mol. The van der Waals surface area contributed by atoms with Crippen LogP contribution in [0.4, 0.5) is 0 Å². The van der Waals surface area contributed by atoms with Crippen LogP contribution in [-0.4, -0.2) is 64.7 Å². The van der Waals surface area contributed by atoms with Gasteiger partial charge in [-0.05, 0) is 116 Å². The van der Waals surface area contributed by atoms with Crippen molar-refractivity contribution in [3.63, 3.8) is 0 Å². The fourth-order valence-corrected chi connectivity index (χ4v) is 13.5. The number of aliphatic hydroxyl groups is 3. The number of hydrogen-bond acceptors (Lipinski definition) is 7. The van der Waals surface area contributed by atoms with Crippen molar-refractivity contribution in [2.24, 2.45) is 52.3 Å². The van der Waals surface area contributed by atoms with E-state index < -0.39 is 30.7 Å². The SMILES string of the molecule is CCCCCCCCCCCCCCCCCCCC(=O)OCC1O[C@@H](O[C@H]2CC[C@@]3(C)C(=CC[C@H]4[C@@H]5CC[C@H]([C@H](C)/C=C/[C@@H](CC)C(C)C)[C@@]5(C)CC[C@@H]43)C2)C(O)C(O)[C@@H]1O. The maximum Gasteiger partial charge on any atom is 0.305 e. The van der Waals surface area contributed by atoms with E-state index in [1.807, 2.05) is 0 Å². The topological polar surface area (TPSA) is 105 Å². The van der Waals surface area contributed by atoms with Gasteiger partial charge in [0.15, 0.2) is 6.29 Å². The number of fused-ring (bicyclic) bond motifs is 5. The second-order valence-electron chi connectivity index (χ2n) is 22.2. The number of hydrogen-bond donors (Lipinski definition) is 3. The summed E-state index contributed by atoms with van der Waals surface area (Å²) in [7, 11) is 0. The van der Waals surface area contributed by atoms with Gasteiger partial charge in [-0.3, -0.25) is 4.79 Å². The third kappa shape index (κ3) is 13.7. The second kappa shape index (κ2) is 25.6. The van der Waals surface area contributed by atoms with Gasteiger partial charge < -0.3 is 29.5 Å². The van der Waals surface area contributed by atoms with E-state index in [1.54, 1.807) is 0 Å². The molecule has 3 N–H and O–H groups in total. The van der Waals surface area contributed by atoms with Crippen LogP contribution in [0.25, 0.3) is 0 Å². The fraction of sp³-hybridized carbons (Fsp3) is 0.909. The van der Waals surface area contributed by atoms with Crippen molar-refractivity contribution in [3.8, 4) is 0 Å². The van der Waals surface area contributed by atoms with Crippen molar-refractivity contribution in [1.82, 2.24) is 0 Å². The van der Waals surface area contributed by atoms with Crippen LogP contribution in [-0.2, 0) is 19.0 Å². The van der Waals surface area contributed by atoms with Gasteiger partial charge in [0.2, 0.25) is 0 Å². The van der Waals surface area contributed by atoms with Gasteiger partial charge >= 0.3 is 5.97 Å². The summed E-state index contributed by atoms with van der Waals surface area (Å²) in [5.41, 5.74) is 2.05. The number of carbonyl (C=O) groups is 1.